The van der Waals surface area contributed by atoms with Crippen molar-refractivity contribution in [2.45, 2.75) is 49.1 Å². The van der Waals surface area contributed by atoms with E-state index in [9.17, 15) is 48.4 Å². The average molecular weight is 893 g/mol. The van der Waals surface area contributed by atoms with Crippen LogP contribution in [0.2, 0.25) is 0 Å². The molecule has 0 bridgehead atoms. The van der Waals surface area contributed by atoms with Gasteiger partial charge in [-0.25, -0.2) is 38.2 Å². The van der Waals surface area contributed by atoms with Crippen molar-refractivity contribution in [2.75, 3.05) is 46.0 Å². The predicted octanol–water partition coefficient (Wildman–Crippen LogP) is -1.62. The van der Waals surface area contributed by atoms with Gasteiger partial charge >= 0.3 is 31.1 Å². The number of aliphatic hydroxyl groups excluding tert-OH is 4. The zero-order valence-electron chi connectivity index (χ0n) is 29.3. The zero-order chi connectivity index (χ0) is 41.7. The Morgan fingerprint density at radius 1 is 0.772 bits per heavy atom. The van der Waals surface area contributed by atoms with Gasteiger partial charge in [0.25, 0.3) is 5.56 Å². The molecule has 11 N–H and O–H groups in total. The summed E-state index contributed by atoms with van der Waals surface area (Å²) in [5.41, 5.74) is 10.7. The van der Waals surface area contributed by atoms with Gasteiger partial charge in [-0.15, -0.1) is 4.86 Å². The molecule has 12 unspecified atom stereocenters. The Kier molecular flexibility index (Phi) is 12.5. The van der Waals surface area contributed by atoms with Gasteiger partial charge in [0.15, 0.2) is 35.1 Å². The van der Waals surface area contributed by atoms with Crippen LogP contribution in [0.4, 0.5) is 11.8 Å². The Balaban J connectivity index is 1.07. The minimum Gasteiger partial charge on any atom is -0.387 e. The summed E-state index contributed by atoms with van der Waals surface area (Å²) in [5, 5.41) is 42.5. The number of aliphatic hydroxyl groups is 4. The topological polar surface area (TPSA) is 424 Å². The predicted molar refractivity (Wildman–Crippen MR) is 185 cm³/mol. The minimum absolute atomic E-state index is 0.0263. The molecule has 4 aromatic rings. The molecule has 4 aromatic heterocycles. The Labute approximate surface area is 317 Å². The van der Waals surface area contributed by atoms with E-state index in [-0.39, 0.29) is 34.1 Å². The van der Waals surface area contributed by atoms with Crippen molar-refractivity contribution in [3.63, 3.8) is 0 Å². The summed E-state index contributed by atoms with van der Waals surface area (Å²) in [5.74, 6) is -0.270. The molecule has 34 heteroatoms. The molecule has 316 valence electrons. The van der Waals surface area contributed by atoms with E-state index >= 15 is 0 Å². The summed E-state index contributed by atoms with van der Waals surface area (Å²) in [4.78, 5) is 46.1. The van der Waals surface area contributed by atoms with E-state index in [0.29, 0.717) is 14.2 Å². The number of H-pyrrole nitrogens is 1. The van der Waals surface area contributed by atoms with E-state index in [1.54, 1.807) is 4.86 Å². The van der Waals surface area contributed by atoms with Crippen LogP contribution in [0.5, 0.6) is 0 Å². The van der Waals surface area contributed by atoms with Gasteiger partial charge in [0.2, 0.25) is 5.95 Å². The third-order valence-electron chi connectivity index (χ3n) is 8.23. The van der Waals surface area contributed by atoms with Gasteiger partial charge in [0, 0.05) is 21.3 Å². The minimum atomic E-state index is -5.57. The number of phosphoric ester groups is 2. The van der Waals surface area contributed by atoms with Crippen LogP contribution in [0.3, 0.4) is 0 Å². The SMILES string of the molecule is COP(=O)(NP(=O)(OC)OP(=O)(OC)OCC1OC(n2cnc3c(N)ncnc32)C(O)C1O)OP(=O)(O)OCC1OC(n2cnc3c(=O)[nH]c(N)nc32)C(O)C1O. The number of fused-ring (bicyclic) bond motifs is 2. The van der Waals surface area contributed by atoms with Gasteiger partial charge in [0.1, 0.15) is 48.5 Å². The lowest BCUT2D eigenvalue weighted by Gasteiger charge is -2.26. The molecular weight excluding hydrogens is 858 g/mol. The fraction of sp³-hybridized carbons (Fsp3) is 0.565. The normalized spacial score (nSPS) is 29.6. The Bertz CT molecular complexity index is 2360. The molecule has 0 spiro atoms. The number of phosphoric acid groups is 2. The molecule has 2 aliphatic rings. The third-order valence-corrected chi connectivity index (χ3v) is 15.9. The Morgan fingerprint density at radius 3 is 1.89 bits per heavy atom. The van der Waals surface area contributed by atoms with Crippen molar-refractivity contribution in [1.29, 1.82) is 0 Å². The molecule has 2 saturated heterocycles. The van der Waals surface area contributed by atoms with Crippen LogP contribution in [-0.2, 0) is 59.0 Å². The molecule has 0 saturated carbocycles. The van der Waals surface area contributed by atoms with Crippen LogP contribution in [0.15, 0.2) is 23.8 Å². The highest BCUT2D eigenvalue weighted by Gasteiger charge is 2.50. The van der Waals surface area contributed by atoms with Gasteiger partial charge in [-0.1, -0.05) is 0 Å². The van der Waals surface area contributed by atoms with Crippen molar-refractivity contribution < 1.29 is 84.3 Å². The number of hydrogen-bond donors (Lipinski definition) is 9. The van der Waals surface area contributed by atoms with Crippen LogP contribution in [-0.4, -0.2) is 136 Å². The second-order valence-electron chi connectivity index (χ2n) is 11.8. The standard InChI is InChI=1S/C23H35N11O19P4/c1-45-54(40,52-56(42,43)48-4-9-13(35)16(38)22(50-9)34-8-29-12-19(34)30-23(25)31-20(12)39)32-55(41,46-2)53-57(44,47-3)49-5-10-14(36)15(37)21(51-10)33-7-28-11-17(24)26-6-27-18(11)33/h6-10,13-16,21-22,35-38H,4-5H2,1-3H3,(H,42,43)(H2,24,26,27)(H,32,40,41)(H3,25,30,31,39). The van der Waals surface area contributed by atoms with Gasteiger partial charge in [0.05, 0.1) is 25.9 Å². The fourth-order valence-corrected chi connectivity index (χ4v) is 12.3. The number of nitrogen functional groups attached to an aromatic ring is 2. The lowest BCUT2D eigenvalue weighted by atomic mass is 10.1. The fourth-order valence-electron chi connectivity index (χ4n) is 5.45. The first-order valence-corrected chi connectivity index (χ1v) is 21.8. The number of ether oxygens (including phenoxy) is 2. The first kappa shape index (κ1) is 43.4. The molecule has 30 nitrogen and oxygen atoms in total. The lowest BCUT2D eigenvalue weighted by Crippen LogP contribution is -2.33. The smallest absolute Gasteiger partial charge is 0.387 e. The molecule has 2 fully saturated rings. The molecule has 0 aliphatic carbocycles. The van der Waals surface area contributed by atoms with Crippen LogP contribution < -0.4 is 21.9 Å². The first-order valence-electron chi connectivity index (χ1n) is 15.8. The summed E-state index contributed by atoms with van der Waals surface area (Å²) >= 11 is 0. The highest BCUT2D eigenvalue weighted by Crippen LogP contribution is 2.70. The van der Waals surface area contributed by atoms with Crippen molar-refractivity contribution in [3.8, 4) is 0 Å². The van der Waals surface area contributed by atoms with Crippen molar-refractivity contribution >= 4 is 65.2 Å². The molecule has 2 aliphatic heterocycles. The maximum Gasteiger partial charge on any atom is 0.482 e. The largest absolute Gasteiger partial charge is 0.482 e. The summed E-state index contributed by atoms with van der Waals surface area (Å²) < 4.78 is 100. The zero-order valence-corrected chi connectivity index (χ0v) is 32.9. The van der Waals surface area contributed by atoms with E-state index in [0.717, 1.165) is 24.3 Å². The second-order valence-corrected chi connectivity index (χ2v) is 19.3. The highest BCUT2D eigenvalue weighted by molar-refractivity contribution is 7.74. The van der Waals surface area contributed by atoms with E-state index in [4.69, 9.17) is 43.3 Å². The van der Waals surface area contributed by atoms with Crippen molar-refractivity contribution in [2.24, 2.45) is 0 Å². The monoisotopic (exact) mass is 893 g/mol. The quantitative estimate of drug-likeness (QED) is 0.0538. The molecule has 0 amide bonds. The second kappa shape index (κ2) is 16.5. The van der Waals surface area contributed by atoms with Crippen molar-refractivity contribution in [3.05, 3.63) is 29.3 Å². The molecule has 6 heterocycles. The molecule has 12 atom stereocenters. The number of imidazole rings is 2. The summed E-state index contributed by atoms with van der Waals surface area (Å²) in [6, 6.07) is 0. The molecule has 0 radical (unpaired) electrons. The number of hydrogen-bond acceptors (Lipinski definition) is 25. The number of nitrogens with one attached hydrogen (secondary N) is 2. The highest BCUT2D eigenvalue weighted by atomic mass is 31.3. The Morgan fingerprint density at radius 2 is 1.32 bits per heavy atom. The van der Waals surface area contributed by atoms with Gasteiger partial charge in [-0.2, -0.15) is 13.6 Å². The molecular formula is C23H35N11O19P4. The summed E-state index contributed by atoms with van der Waals surface area (Å²) in [6.07, 6.45) is -9.27. The average Bonchev–Trinajstić information content (AvgIpc) is 3.91. The number of aromatic amines is 1. The molecule has 0 aromatic carbocycles. The maximum atomic E-state index is 13.5. The van der Waals surface area contributed by atoms with Crippen LogP contribution in [0.1, 0.15) is 12.5 Å². The molecule has 57 heavy (non-hydrogen) atoms. The number of anilines is 2. The van der Waals surface area contributed by atoms with E-state index in [1.807, 2.05) is 0 Å². The van der Waals surface area contributed by atoms with E-state index in [1.165, 1.54) is 10.9 Å². The number of aromatic nitrogens is 8. The van der Waals surface area contributed by atoms with Gasteiger partial charge < -0.3 is 46.3 Å². The van der Waals surface area contributed by atoms with E-state index < -0.39 is 99.0 Å². The van der Waals surface area contributed by atoms with Crippen LogP contribution >= 0.6 is 31.1 Å². The van der Waals surface area contributed by atoms with Gasteiger partial charge in [-0.3, -0.25) is 41.5 Å². The van der Waals surface area contributed by atoms with Gasteiger partial charge in [-0.05, 0) is 0 Å². The number of nitrogens with two attached hydrogens (primary N) is 2. The number of nitrogens with zero attached hydrogens (tertiary/aromatic N) is 7. The van der Waals surface area contributed by atoms with E-state index in [2.05, 4.69) is 38.7 Å². The lowest BCUT2D eigenvalue weighted by molar-refractivity contribution is -0.0507. The maximum absolute atomic E-state index is 13.5. The van der Waals surface area contributed by atoms with Crippen molar-refractivity contribution in [1.82, 2.24) is 43.9 Å². The summed E-state index contributed by atoms with van der Waals surface area (Å²) in [6.45, 7) is -1.89. The third kappa shape index (κ3) is 8.90. The molecule has 6 rings (SSSR count). The summed E-state index contributed by atoms with van der Waals surface area (Å²) in [7, 11) is -19.1. The van der Waals surface area contributed by atoms with Crippen LogP contribution in [0.25, 0.3) is 22.3 Å². The first-order chi connectivity index (χ1) is 26.8. The Hall–Kier alpha value is -3.18. The van der Waals surface area contributed by atoms with Crippen LogP contribution in [0, 0.1) is 0 Å². The number of rotatable bonds is 17.